The maximum Gasteiger partial charge on any atom is 0.271 e. The van der Waals surface area contributed by atoms with E-state index < -0.39 is 15.9 Å². The highest BCUT2D eigenvalue weighted by atomic mass is 35.5. The Bertz CT molecular complexity index is 1650. The van der Waals surface area contributed by atoms with Gasteiger partial charge in [-0.25, -0.2) is 13.8 Å². The first kappa shape index (κ1) is 29.7. The zero-order valence-corrected chi connectivity index (χ0v) is 24.0. The Morgan fingerprint density at radius 2 is 1.59 bits per heavy atom. The van der Waals surface area contributed by atoms with Crippen molar-refractivity contribution in [2.45, 2.75) is 4.90 Å². The maximum absolute atomic E-state index is 12.8. The molecule has 0 unspecified atom stereocenters. The lowest BCUT2D eigenvalue weighted by atomic mass is 10.2. The van der Waals surface area contributed by atoms with Crippen molar-refractivity contribution in [2.75, 3.05) is 25.0 Å². The smallest absolute Gasteiger partial charge is 0.271 e. The van der Waals surface area contributed by atoms with Crippen LogP contribution >= 0.6 is 23.2 Å². The Balaban J connectivity index is 1.33. The van der Waals surface area contributed by atoms with Gasteiger partial charge in [0.15, 0.2) is 11.5 Å². The van der Waals surface area contributed by atoms with Gasteiger partial charge < -0.3 is 14.2 Å². The van der Waals surface area contributed by atoms with Crippen LogP contribution in [0.5, 0.6) is 17.2 Å². The minimum absolute atomic E-state index is 0.0818. The maximum atomic E-state index is 12.8. The molecular formula is C29H25Cl2N3O6S. The molecule has 4 aromatic carbocycles. The normalized spacial score (nSPS) is 11.2. The summed E-state index contributed by atoms with van der Waals surface area (Å²) in [6, 6.07) is 24.1. The third-order valence-corrected chi connectivity index (χ3v) is 7.45. The van der Waals surface area contributed by atoms with Gasteiger partial charge in [-0.2, -0.15) is 5.10 Å². The summed E-state index contributed by atoms with van der Waals surface area (Å²) >= 11 is 11.9. The van der Waals surface area contributed by atoms with Gasteiger partial charge in [-0.15, -0.1) is 0 Å². The topological polar surface area (TPSA) is 115 Å². The average molecular weight is 615 g/mol. The Hall–Kier alpha value is -4.25. The summed E-state index contributed by atoms with van der Waals surface area (Å²) in [4.78, 5) is 12.6. The number of para-hydroxylation sites is 1. The molecule has 0 aliphatic carbocycles. The van der Waals surface area contributed by atoms with E-state index in [0.717, 1.165) is 0 Å². The van der Waals surface area contributed by atoms with Crippen LogP contribution in [0.2, 0.25) is 10.0 Å². The third kappa shape index (κ3) is 8.37. The number of nitrogens with one attached hydrogen (secondary N) is 2. The summed E-state index contributed by atoms with van der Waals surface area (Å²) in [6.07, 6.45) is 1.42. The van der Waals surface area contributed by atoms with E-state index >= 15 is 0 Å². The quantitative estimate of drug-likeness (QED) is 0.115. The molecule has 0 aliphatic heterocycles. The van der Waals surface area contributed by atoms with Gasteiger partial charge >= 0.3 is 0 Å². The molecule has 0 heterocycles. The van der Waals surface area contributed by atoms with Crippen molar-refractivity contribution in [3.63, 3.8) is 0 Å². The number of anilines is 1. The van der Waals surface area contributed by atoms with Gasteiger partial charge in [0.25, 0.3) is 15.9 Å². The van der Waals surface area contributed by atoms with Crippen LogP contribution in [0.1, 0.15) is 15.9 Å². The number of rotatable bonds is 12. The van der Waals surface area contributed by atoms with E-state index in [2.05, 4.69) is 15.2 Å². The molecular weight excluding hydrogens is 589 g/mol. The third-order valence-electron chi connectivity index (χ3n) is 5.51. The zero-order valence-electron chi connectivity index (χ0n) is 21.7. The molecule has 41 heavy (non-hydrogen) atoms. The van der Waals surface area contributed by atoms with Crippen LogP contribution in [-0.2, 0) is 10.0 Å². The summed E-state index contributed by atoms with van der Waals surface area (Å²) in [7, 11) is -2.43. The fraction of sp³-hybridized carbons (Fsp3) is 0.103. The molecule has 12 heteroatoms. The monoisotopic (exact) mass is 613 g/mol. The molecule has 4 rings (SSSR count). The second kappa shape index (κ2) is 13.9. The summed E-state index contributed by atoms with van der Waals surface area (Å²) in [5, 5.41) is 4.97. The number of amides is 1. The van der Waals surface area contributed by atoms with Gasteiger partial charge in [-0.1, -0.05) is 41.4 Å². The highest BCUT2D eigenvalue weighted by molar-refractivity contribution is 7.92. The highest BCUT2D eigenvalue weighted by Crippen LogP contribution is 2.28. The Morgan fingerprint density at radius 3 is 2.32 bits per heavy atom. The first-order valence-electron chi connectivity index (χ1n) is 12.2. The van der Waals surface area contributed by atoms with Crippen LogP contribution in [0.25, 0.3) is 0 Å². The number of hydrazone groups is 1. The lowest BCUT2D eigenvalue weighted by Gasteiger charge is -2.12. The van der Waals surface area contributed by atoms with Crippen molar-refractivity contribution in [3.8, 4) is 17.2 Å². The van der Waals surface area contributed by atoms with E-state index in [1.165, 1.54) is 49.7 Å². The number of halogens is 2. The summed E-state index contributed by atoms with van der Waals surface area (Å²) in [5.41, 5.74) is 3.48. The predicted octanol–water partition coefficient (Wildman–Crippen LogP) is 6.02. The van der Waals surface area contributed by atoms with Crippen molar-refractivity contribution in [1.29, 1.82) is 0 Å². The van der Waals surface area contributed by atoms with Crippen LogP contribution in [-0.4, -0.2) is 40.9 Å². The number of benzene rings is 4. The van der Waals surface area contributed by atoms with Gasteiger partial charge in [-0.05, 0) is 78.4 Å². The lowest BCUT2D eigenvalue weighted by molar-refractivity contribution is 0.0955. The number of hydrogen-bond acceptors (Lipinski definition) is 7. The Morgan fingerprint density at radius 1 is 0.854 bits per heavy atom. The van der Waals surface area contributed by atoms with Gasteiger partial charge in [-0.3, -0.25) is 9.52 Å². The summed E-state index contributed by atoms with van der Waals surface area (Å²) in [5.74, 6) is 0.947. The highest BCUT2D eigenvalue weighted by Gasteiger charge is 2.16. The van der Waals surface area contributed by atoms with E-state index in [0.29, 0.717) is 38.5 Å². The molecule has 0 spiro atoms. The largest absolute Gasteiger partial charge is 0.493 e. The number of carbonyl (C=O) groups is 1. The van der Waals surface area contributed by atoms with Crippen molar-refractivity contribution < 1.29 is 27.4 Å². The second-order valence-electron chi connectivity index (χ2n) is 8.38. The number of carbonyl (C=O) groups excluding carboxylic acids is 1. The summed E-state index contributed by atoms with van der Waals surface area (Å²) < 4.78 is 44.8. The molecule has 0 aliphatic rings. The van der Waals surface area contributed by atoms with E-state index in [9.17, 15) is 13.2 Å². The van der Waals surface area contributed by atoms with Gasteiger partial charge in [0.1, 0.15) is 19.0 Å². The van der Waals surface area contributed by atoms with Crippen molar-refractivity contribution in [1.82, 2.24) is 5.43 Å². The van der Waals surface area contributed by atoms with Gasteiger partial charge in [0, 0.05) is 16.3 Å². The number of ether oxygens (including phenoxy) is 3. The zero-order chi connectivity index (χ0) is 29.2. The van der Waals surface area contributed by atoms with Crippen LogP contribution < -0.4 is 24.4 Å². The minimum atomic E-state index is -3.93. The van der Waals surface area contributed by atoms with Crippen LogP contribution in [0, 0.1) is 0 Å². The molecule has 1 amide bonds. The number of nitrogens with zero attached hydrogens (tertiary/aromatic N) is 1. The Kier molecular flexibility index (Phi) is 10.1. The van der Waals surface area contributed by atoms with Crippen molar-refractivity contribution in [3.05, 3.63) is 112 Å². The Labute approximate surface area is 247 Å². The minimum Gasteiger partial charge on any atom is -0.493 e. The van der Waals surface area contributed by atoms with Crippen molar-refractivity contribution in [2.24, 2.45) is 5.10 Å². The van der Waals surface area contributed by atoms with Crippen molar-refractivity contribution >= 4 is 51.0 Å². The molecule has 4 aromatic rings. The molecule has 0 fully saturated rings. The molecule has 0 bridgehead atoms. The SMILES string of the molecule is COc1cc(/C=N\NC(=O)c2cccc(S(=O)(=O)Nc3ccc(Cl)cc3)c2)ccc1OCCOc1ccccc1Cl. The molecule has 9 nitrogen and oxygen atoms in total. The van der Waals surface area contributed by atoms with E-state index in [1.807, 2.05) is 12.1 Å². The van der Waals surface area contributed by atoms with Crippen LogP contribution in [0.15, 0.2) is 101 Å². The van der Waals surface area contributed by atoms with Gasteiger partial charge in [0.2, 0.25) is 0 Å². The van der Waals surface area contributed by atoms with Crippen LogP contribution in [0.3, 0.4) is 0 Å². The number of hydrogen-bond donors (Lipinski definition) is 2. The predicted molar refractivity (Wildman–Crippen MR) is 159 cm³/mol. The molecule has 0 atom stereocenters. The lowest BCUT2D eigenvalue weighted by Crippen LogP contribution is -2.19. The van der Waals surface area contributed by atoms with E-state index in [4.69, 9.17) is 37.4 Å². The van der Waals surface area contributed by atoms with E-state index in [-0.39, 0.29) is 23.7 Å². The first-order valence-corrected chi connectivity index (χ1v) is 14.4. The van der Waals surface area contributed by atoms with Gasteiger partial charge in [0.05, 0.1) is 23.2 Å². The average Bonchev–Trinajstić information content (AvgIpc) is 2.97. The molecule has 0 saturated carbocycles. The van der Waals surface area contributed by atoms with E-state index in [1.54, 1.807) is 42.5 Å². The number of methoxy groups -OCH3 is 1. The molecule has 0 radical (unpaired) electrons. The molecule has 212 valence electrons. The molecule has 0 saturated heterocycles. The molecule has 0 aromatic heterocycles. The fourth-order valence-electron chi connectivity index (χ4n) is 3.52. The standard InChI is InChI=1S/C29H25Cl2N3O6S/c1-38-28-17-20(9-14-27(28)40-16-15-39-26-8-3-2-7-25(26)31)19-32-33-29(35)21-5-4-6-24(18-21)41(36,37)34-23-12-10-22(30)11-13-23/h2-14,17-19,34H,15-16H2,1H3,(H,33,35)/b32-19-. The van der Waals surface area contributed by atoms with Crippen LogP contribution in [0.4, 0.5) is 5.69 Å². The first-order chi connectivity index (χ1) is 19.7. The second-order valence-corrected chi connectivity index (χ2v) is 10.9. The number of sulfonamides is 1. The molecule has 2 N–H and O–H groups in total. The summed E-state index contributed by atoms with van der Waals surface area (Å²) in [6.45, 7) is 0.539. The fourth-order valence-corrected chi connectivity index (χ4v) is 4.94.